The van der Waals surface area contributed by atoms with Gasteiger partial charge >= 0.3 is 5.97 Å². The van der Waals surface area contributed by atoms with E-state index in [1.165, 1.54) is 28.7 Å². The minimum absolute atomic E-state index is 0.391. The number of nitrogens with two attached hydrogens (primary N) is 1. The first-order valence-corrected chi connectivity index (χ1v) is 9.86. The summed E-state index contributed by atoms with van der Waals surface area (Å²) in [6.07, 6.45) is 6.65. The summed E-state index contributed by atoms with van der Waals surface area (Å²) in [6.45, 7) is -0.422. The number of nitrogens with one attached hydrogen (secondary N) is 1. The number of rotatable bonds is 6. The molecule has 0 fully saturated rings. The van der Waals surface area contributed by atoms with Gasteiger partial charge in [-0.25, -0.2) is 4.79 Å². The minimum Gasteiger partial charge on any atom is -0.452 e. The zero-order valence-electron chi connectivity index (χ0n) is 13.9. The Hall–Kier alpha value is -2.45. The fraction of sp³-hybridized carbons (Fsp3) is 0.278. The number of ether oxygens (including phenoxy) is 1. The van der Waals surface area contributed by atoms with Crippen molar-refractivity contribution < 1.29 is 19.1 Å². The summed E-state index contributed by atoms with van der Waals surface area (Å²) in [4.78, 5) is 37.6. The molecule has 0 aliphatic heterocycles. The van der Waals surface area contributed by atoms with Gasteiger partial charge in [-0.05, 0) is 48.8 Å². The highest BCUT2D eigenvalue weighted by molar-refractivity contribution is 7.17. The van der Waals surface area contributed by atoms with E-state index in [-0.39, 0.29) is 0 Å². The fourth-order valence-corrected chi connectivity index (χ4v) is 4.73. The van der Waals surface area contributed by atoms with Crippen LogP contribution in [-0.4, -0.2) is 24.4 Å². The monoisotopic (exact) mass is 390 g/mol. The van der Waals surface area contributed by atoms with Gasteiger partial charge in [-0.2, -0.15) is 0 Å². The number of amides is 2. The zero-order valence-corrected chi connectivity index (χ0v) is 15.6. The summed E-state index contributed by atoms with van der Waals surface area (Å²) in [5, 5.41) is 5.00. The Morgan fingerprint density at radius 1 is 1.27 bits per heavy atom. The standard InChI is InChI=1S/C18H18N2O4S2/c19-17(23)16-12-5-1-2-6-13(12)26-18(16)20-14(21)10-24-15(22)8-7-11-4-3-9-25-11/h3-4,7-9H,1-2,5-6,10H2,(H2,19,23)(H,20,21)/b8-7+. The first-order chi connectivity index (χ1) is 12.5. The lowest BCUT2D eigenvalue weighted by molar-refractivity contribution is -0.142. The highest BCUT2D eigenvalue weighted by atomic mass is 32.1. The van der Waals surface area contributed by atoms with Crippen LogP contribution in [0.4, 0.5) is 5.00 Å². The lowest BCUT2D eigenvalue weighted by atomic mass is 9.95. The summed E-state index contributed by atoms with van der Waals surface area (Å²) in [5.74, 6) is -1.64. The topological polar surface area (TPSA) is 98.5 Å². The van der Waals surface area contributed by atoms with Crippen LogP contribution in [-0.2, 0) is 27.2 Å². The number of aryl methyl sites for hydroxylation is 1. The van der Waals surface area contributed by atoms with E-state index in [2.05, 4.69) is 5.32 Å². The Morgan fingerprint density at radius 2 is 2.08 bits per heavy atom. The Kier molecular flexibility index (Phi) is 5.85. The Bertz CT molecular complexity index is 853. The van der Waals surface area contributed by atoms with Crippen molar-refractivity contribution in [1.82, 2.24) is 0 Å². The molecule has 26 heavy (non-hydrogen) atoms. The number of primary amides is 1. The molecule has 0 bridgehead atoms. The van der Waals surface area contributed by atoms with E-state index >= 15 is 0 Å². The second kappa shape index (κ2) is 8.29. The van der Waals surface area contributed by atoms with Crippen molar-refractivity contribution in [2.45, 2.75) is 25.7 Å². The molecule has 3 N–H and O–H groups in total. The van der Waals surface area contributed by atoms with Gasteiger partial charge in [0, 0.05) is 15.8 Å². The number of carbonyl (C=O) groups is 3. The van der Waals surface area contributed by atoms with Gasteiger partial charge in [0.1, 0.15) is 5.00 Å². The number of hydrogen-bond acceptors (Lipinski definition) is 6. The maximum Gasteiger partial charge on any atom is 0.331 e. The van der Waals surface area contributed by atoms with Crippen LogP contribution in [0.5, 0.6) is 0 Å². The number of esters is 1. The minimum atomic E-state index is -0.603. The molecule has 0 unspecified atom stereocenters. The van der Waals surface area contributed by atoms with Crippen molar-refractivity contribution in [3.63, 3.8) is 0 Å². The second-order valence-electron chi connectivity index (χ2n) is 5.78. The zero-order chi connectivity index (χ0) is 18.5. The third-order valence-electron chi connectivity index (χ3n) is 3.94. The van der Waals surface area contributed by atoms with Gasteiger partial charge in [-0.1, -0.05) is 6.07 Å². The average Bonchev–Trinajstić information content (AvgIpc) is 3.25. The van der Waals surface area contributed by atoms with Gasteiger partial charge in [0.05, 0.1) is 5.56 Å². The van der Waals surface area contributed by atoms with Gasteiger partial charge in [-0.15, -0.1) is 22.7 Å². The van der Waals surface area contributed by atoms with Crippen LogP contribution < -0.4 is 11.1 Å². The maximum absolute atomic E-state index is 12.1. The van der Waals surface area contributed by atoms with E-state index < -0.39 is 24.4 Å². The van der Waals surface area contributed by atoms with E-state index in [0.717, 1.165) is 41.0 Å². The van der Waals surface area contributed by atoms with Crippen molar-refractivity contribution in [2.75, 3.05) is 11.9 Å². The van der Waals surface area contributed by atoms with Crippen LogP contribution in [0, 0.1) is 0 Å². The van der Waals surface area contributed by atoms with Gasteiger partial charge in [-0.3, -0.25) is 9.59 Å². The number of anilines is 1. The third-order valence-corrected chi connectivity index (χ3v) is 5.99. The number of carbonyl (C=O) groups excluding carboxylic acids is 3. The van der Waals surface area contributed by atoms with Gasteiger partial charge in [0.2, 0.25) is 0 Å². The van der Waals surface area contributed by atoms with Crippen molar-refractivity contribution in [3.05, 3.63) is 44.5 Å². The molecule has 0 saturated carbocycles. The molecule has 2 aromatic heterocycles. The summed E-state index contributed by atoms with van der Waals surface area (Å²) in [7, 11) is 0. The molecule has 8 heteroatoms. The van der Waals surface area contributed by atoms with Crippen molar-refractivity contribution in [2.24, 2.45) is 5.73 Å². The molecule has 0 atom stereocenters. The smallest absolute Gasteiger partial charge is 0.331 e. The highest BCUT2D eigenvalue weighted by Crippen LogP contribution is 2.37. The fourth-order valence-electron chi connectivity index (χ4n) is 2.80. The normalized spacial score (nSPS) is 13.4. The molecule has 0 saturated heterocycles. The lowest BCUT2D eigenvalue weighted by Crippen LogP contribution is -2.22. The second-order valence-corrected chi connectivity index (χ2v) is 7.87. The first kappa shape index (κ1) is 18.3. The molecule has 0 aromatic carbocycles. The van der Waals surface area contributed by atoms with Crippen LogP contribution in [0.3, 0.4) is 0 Å². The maximum atomic E-state index is 12.1. The predicted octanol–water partition coefficient (Wildman–Crippen LogP) is 2.98. The Morgan fingerprint density at radius 3 is 2.81 bits per heavy atom. The number of thiophene rings is 2. The SMILES string of the molecule is NC(=O)c1c(NC(=O)COC(=O)/C=C/c2cccs2)sc2c1CCCC2. The van der Waals surface area contributed by atoms with Crippen LogP contribution >= 0.6 is 22.7 Å². The molecule has 2 heterocycles. The quantitative estimate of drug-likeness (QED) is 0.585. The molecule has 3 rings (SSSR count). The molecule has 2 amide bonds. The van der Waals surface area contributed by atoms with Gasteiger partial charge in [0.25, 0.3) is 11.8 Å². The summed E-state index contributed by atoms with van der Waals surface area (Å²) >= 11 is 2.87. The van der Waals surface area contributed by atoms with Crippen molar-refractivity contribution in [1.29, 1.82) is 0 Å². The van der Waals surface area contributed by atoms with E-state index in [1.807, 2.05) is 17.5 Å². The van der Waals surface area contributed by atoms with E-state index in [0.29, 0.717) is 10.6 Å². The molecule has 6 nitrogen and oxygen atoms in total. The Balaban J connectivity index is 1.59. The van der Waals surface area contributed by atoms with E-state index in [1.54, 1.807) is 6.08 Å². The lowest BCUT2D eigenvalue weighted by Gasteiger charge is -2.11. The van der Waals surface area contributed by atoms with Crippen molar-refractivity contribution in [3.8, 4) is 0 Å². The van der Waals surface area contributed by atoms with Gasteiger partial charge in [0.15, 0.2) is 6.61 Å². The molecule has 1 aliphatic rings. The largest absolute Gasteiger partial charge is 0.452 e. The van der Waals surface area contributed by atoms with Crippen LogP contribution in [0.25, 0.3) is 6.08 Å². The number of fused-ring (bicyclic) bond motifs is 1. The molecule has 1 aliphatic carbocycles. The van der Waals surface area contributed by atoms with Crippen LogP contribution in [0.15, 0.2) is 23.6 Å². The first-order valence-electron chi connectivity index (χ1n) is 8.17. The highest BCUT2D eigenvalue weighted by Gasteiger charge is 2.25. The Labute approximate surface area is 158 Å². The molecule has 2 aromatic rings. The molecular formula is C18H18N2O4S2. The molecule has 0 spiro atoms. The predicted molar refractivity (Wildman–Crippen MR) is 102 cm³/mol. The van der Waals surface area contributed by atoms with Crippen LogP contribution in [0.1, 0.15) is 38.5 Å². The van der Waals surface area contributed by atoms with Gasteiger partial charge < -0.3 is 15.8 Å². The third kappa shape index (κ3) is 4.39. The van der Waals surface area contributed by atoms with E-state index in [9.17, 15) is 14.4 Å². The van der Waals surface area contributed by atoms with Crippen molar-refractivity contribution >= 4 is 51.5 Å². The average molecular weight is 390 g/mol. The van der Waals surface area contributed by atoms with Crippen LogP contribution in [0.2, 0.25) is 0 Å². The number of hydrogen-bond donors (Lipinski definition) is 2. The summed E-state index contributed by atoms with van der Waals surface area (Å²) < 4.78 is 4.93. The molecular weight excluding hydrogens is 372 g/mol. The molecule has 0 radical (unpaired) electrons. The van der Waals surface area contributed by atoms with E-state index in [4.69, 9.17) is 10.5 Å². The molecule has 136 valence electrons. The summed E-state index contributed by atoms with van der Waals surface area (Å²) in [5.41, 5.74) is 6.82. The summed E-state index contributed by atoms with van der Waals surface area (Å²) in [6, 6.07) is 3.74.